The summed E-state index contributed by atoms with van der Waals surface area (Å²) in [5.41, 5.74) is 0.978. The van der Waals surface area contributed by atoms with Gasteiger partial charge >= 0.3 is 0 Å². The Bertz CT molecular complexity index is 522. The van der Waals surface area contributed by atoms with Crippen LogP contribution in [0.15, 0.2) is 28.7 Å². The Morgan fingerprint density at radius 1 is 1.33 bits per heavy atom. The fourth-order valence-electron chi connectivity index (χ4n) is 1.64. The fraction of sp³-hybridized carbons (Fsp3) is 0.385. The molecule has 0 amide bonds. The molecule has 1 heterocycles. The lowest BCUT2D eigenvalue weighted by atomic mass is 10.2. The Balaban J connectivity index is 2.25. The number of hydrogen-bond acceptors (Lipinski definition) is 3. The Morgan fingerprint density at radius 3 is 2.61 bits per heavy atom. The van der Waals surface area contributed by atoms with Crippen LogP contribution in [0.1, 0.15) is 19.2 Å². The number of aromatic nitrogens is 3. The van der Waals surface area contributed by atoms with E-state index < -0.39 is 0 Å². The highest BCUT2D eigenvalue weighted by molar-refractivity contribution is 9.10. The molecule has 0 aliphatic rings. The van der Waals surface area contributed by atoms with Gasteiger partial charge in [0.25, 0.3) is 0 Å². The van der Waals surface area contributed by atoms with E-state index in [0.717, 1.165) is 15.9 Å². The van der Waals surface area contributed by atoms with Crippen molar-refractivity contribution in [1.29, 1.82) is 0 Å². The quantitative estimate of drug-likeness (QED) is 0.945. The third-order valence-electron chi connectivity index (χ3n) is 2.81. The van der Waals surface area contributed by atoms with Gasteiger partial charge in [0.05, 0.1) is 12.6 Å². The zero-order valence-corrected chi connectivity index (χ0v) is 12.1. The number of hydrogen-bond donors (Lipinski definition) is 1. The maximum Gasteiger partial charge on any atom is 0.181 e. The molecule has 0 radical (unpaired) electrons. The minimum atomic E-state index is -0.372. The highest BCUT2D eigenvalue weighted by Crippen LogP contribution is 2.19. The van der Waals surface area contributed by atoms with Crippen LogP contribution < -0.4 is 0 Å². The first-order valence-corrected chi connectivity index (χ1v) is 6.75. The molecule has 0 saturated heterocycles. The predicted molar refractivity (Wildman–Crippen MR) is 74.2 cm³/mol. The molecule has 18 heavy (non-hydrogen) atoms. The molecule has 5 heteroatoms. The van der Waals surface area contributed by atoms with Gasteiger partial charge in [-0.2, -0.15) is 5.10 Å². The molecule has 0 unspecified atom stereocenters. The number of benzene rings is 1. The third-order valence-corrected chi connectivity index (χ3v) is 3.34. The van der Waals surface area contributed by atoms with Crippen molar-refractivity contribution in [1.82, 2.24) is 14.8 Å². The van der Waals surface area contributed by atoms with Gasteiger partial charge < -0.3 is 5.11 Å². The van der Waals surface area contributed by atoms with Gasteiger partial charge in [-0.15, -0.1) is 0 Å². The van der Waals surface area contributed by atoms with Crippen molar-refractivity contribution in [3.8, 4) is 11.4 Å². The summed E-state index contributed by atoms with van der Waals surface area (Å²) in [4.78, 5) is 4.42. The standard InChI is InChI=1S/C13H16BrN3O/c1-3-12(18)8-17-9(2)15-13(16-17)10-4-6-11(14)7-5-10/h4-7,12,18H,3,8H2,1-2H3/t12-/m0/s1. The van der Waals surface area contributed by atoms with Gasteiger partial charge in [-0.25, -0.2) is 9.67 Å². The first kappa shape index (κ1) is 13.2. The van der Waals surface area contributed by atoms with Crippen molar-refractivity contribution in [2.75, 3.05) is 0 Å². The van der Waals surface area contributed by atoms with Gasteiger partial charge in [-0.05, 0) is 25.5 Å². The molecule has 1 N–H and O–H groups in total. The summed E-state index contributed by atoms with van der Waals surface area (Å²) in [5.74, 6) is 1.52. The highest BCUT2D eigenvalue weighted by atomic mass is 79.9. The average molecular weight is 310 g/mol. The maximum absolute atomic E-state index is 9.66. The van der Waals surface area contributed by atoms with E-state index in [2.05, 4.69) is 26.0 Å². The molecule has 0 spiro atoms. The molecular weight excluding hydrogens is 294 g/mol. The van der Waals surface area contributed by atoms with Crippen molar-refractivity contribution in [3.63, 3.8) is 0 Å². The lowest BCUT2D eigenvalue weighted by molar-refractivity contribution is 0.144. The Labute approximate surface area is 115 Å². The molecule has 1 atom stereocenters. The van der Waals surface area contributed by atoms with Crippen molar-refractivity contribution in [2.45, 2.75) is 32.9 Å². The summed E-state index contributed by atoms with van der Waals surface area (Å²) in [6.07, 6.45) is 0.343. The summed E-state index contributed by atoms with van der Waals surface area (Å²) in [6.45, 7) is 4.34. The number of nitrogens with zero attached hydrogens (tertiary/aromatic N) is 3. The molecule has 96 valence electrons. The number of aliphatic hydroxyl groups excluding tert-OH is 1. The number of aliphatic hydroxyl groups is 1. The van der Waals surface area contributed by atoms with Crippen LogP contribution in [0.5, 0.6) is 0 Å². The second-order valence-electron chi connectivity index (χ2n) is 4.23. The van der Waals surface area contributed by atoms with Crippen molar-refractivity contribution >= 4 is 15.9 Å². The molecule has 1 aromatic carbocycles. The number of rotatable bonds is 4. The molecule has 4 nitrogen and oxygen atoms in total. The summed E-state index contributed by atoms with van der Waals surface area (Å²) in [6, 6.07) is 7.87. The van der Waals surface area contributed by atoms with Gasteiger partial charge in [0.1, 0.15) is 5.82 Å². The molecule has 0 aliphatic heterocycles. The minimum absolute atomic E-state index is 0.372. The molecule has 0 fully saturated rings. The van der Waals surface area contributed by atoms with Crippen LogP contribution in [0.25, 0.3) is 11.4 Å². The Hall–Kier alpha value is -1.20. The Kier molecular flexibility index (Phi) is 4.14. The molecule has 0 aliphatic carbocycles. The number of halogens is 1. The summed E-state index contributed by atoms with van der Waals surface area (Å²) in [5, 5.41) is 14.1. The summed E-state index contributed by atoms with van der Waals surface area (Å²) in [7, 11) is 0. The molecule has 0 saturated carbocycles. The maximum atomic E-state index is 9.66. The number of aryl methyl sites for hydroxylation is 1. The van der Waals surface area contributed by atoms with Crippen LogP contribution in [0.2, 0.25) is 0 Å². The van der Waals surface area contributed by atoms with Crippen molar-refractivity contribution in [3.05, 3.63) is 34.6 Å². The topological polar surface area (TPSA) is 50.9 Å². The first-order chi connectivity index (χ1) is 8.60. The van der Waals surface area contributed by atoms with Crippen LogP contribution in [0, 0.1) is 6.92 Å². The van der Waals surface area contributed by atoms with Gasteiger partial charge in [-0.3, -0.25) is 0 Å². The van der Waals surface area contributed by atoms with Crippen LogP contribution in [0.3, 0.4) is 0 Å². The second-order valence-corrected chi connectivity index (χ2v) is 5.15. The zero-order chi connectivity index (χ0) is 13.1. The van der Waals surface area contributed by atoms with E-state index in [-0.39, 0.29) is 6.10 Å². The Morgan fingerprint density at radius 2 is 2.00 bits per heavy atom. The van der Waals surface area contributed by atoms with Crippen LogP contribution >= 0.6 is 15.9 Å². The van der Waals surface area contributed by atoms with Gasteiger partial charge in [0.15, 0.2) is 5.82 Å². The van der Waals surface area contributed by atoms with E-state index in [1.54, 1.807) is 4.68 Å². The zero-order valence-electron chi connectivity index (χ0n) is 10.5. The fourth-order valence-corrected chi connectivity index (χ4v) is 1.91. The monoisotopic (exact) mass is 309 g/mol. The van der Waals surface area contributed by atoms with E-state index in [1.165, 1.54) is 0 Å². The van der Waals surface area contributed by atoms with Gasteiger partial charge in [0.2, 0.25) is 0 Å². The second kappa shape index (κ2) is 5.63. The van der Waals surface area contributed by atoms with Crippen LogP contribution in [-0.4, -0.2) is 26.0 Å². The summed E-state index contributed by atoms with van der Waals surface area (Å²) < 4.78 is 2.79. The van der Waals surface area contributed by atoms with E-state index in [4.69, 9.17) is 0 Å². The van der Waals surface area contributed by atoms with Crippen molar-refractivity contribution in [2.24, 2.45) is 0 Å². The molecule has 0 bridgehead atoms. The normalized spacial score (nSPS) is 12.7. The van der Waals surface area contributed by atoms with Gasteiger partial charge in [-0.1, -0.05) is 35.0 Å². The SMILES string of the molecule is CC[C@H](O)Cn1nc(-c2ccc(Br)cc2)nc1C. The third kappa shape index (κ3) is 2.97. The van der Waals surface area contributed by atoms with Crippen LogP contribution in [0.4, 0.5) is 0 Å². The molecule has 1 aromatic heterocycles. The van der Waals surface area contributed by atoms with Crippen LogP contribution in [-0.2, 0) is 6.54 Å². The highest BCUT2D eigenvalue weighted by Gasteiger charge is 2.10. The minimum Gasteiger partial charge on any atom is -0.391 e. The average Bonchev–Trinajstić information content (AvgIpc) is 2.71. The van der Waals surface area contributed by atoms with E-state index in [0.29, 0.717) is 18.8 Å². The predicted octanol–water partition coefficient (Wildman–Crippen LogP) is 2.79. The lowest BCUT2D eigenvalue weighted by Gasteiger charge is -2.07. The van der Waals surface area contributed by atoms with E-state index in [9.17, 15) is 5.11 Å². The van der Waals surface area contributed by atoms with E-state index >= 15 is 0 Å². The van der Waals surface area contributed by atoms with E-state index in [1.807, 2.05) is 38.1 Å². The summed E-state index contributed by atoms with van der Waals surface area (Å²) >= 11 is 3.40. The molecular formula is C13H16BrN3O. The smallest absolute Gasteiger partial charge is 0.181 e. The largest absolute Gasteiger partial charge is 0.391 e. The molecule has 2 rings (SSSR count). The van der Waals surface area contributed by atoms with Gasteiger partial charge in [0, 0.05) is 10.0 Å². The van der Waals surface area contributed by atoms with Crippen molar-refractivity contribution < 1.29 is 5.11 Å². The molecule has 2 aromatic rings. The lowest BCUT2D eigenvalue weighted by Crippen LogP contribution is -2.16. The first-order valence-electron chi connectivity index (χ1n) is 5.95.